The van der Waals surface area contributed by atoms with E-state index in [1.165, 1.54) is 104 Å². The molecule has 8 N–H and O–H groups in total. The highest BCUT2D eigenvalue weighted by Crippen LogP contribution is 2.38. The molecule has 30 heteroatoms. The normalized spacial score (nSPS) is 11.3. The van der Waals surface area contributed by atoms with Crippen molar-refractivity contribution < 1.29 is 82.9 Å². The molecule has 3 aromatic heterocycles. The molecular weight excluding hydrogens is 1590 g/mol. The number of nitrogens with zero attached hydrogens (tertiary/aromatic N) is 6. The number of aromatic nitrogens is 3. The summed E-state index contributed by atoms with van der Waals surface area (Å²) < 4.78 is 123. The van der Waals surface area contributed by atoms with Gasteiger partial charge in [-0.1, -0.05) is 48.5 Å². The number of pyridine rings is 3. The van der Waals surface area contributed by atoms with Gasteiger partial charge in [-0.25, -0.2) is 9.59 Å². The molecule has 0 bridgehead atoms. The zero-order valence-corrected chi connectivity index (χ0v) is 68.2. The zero-order valence-electron chi connectivity index (χ0n) is 68.2. The lowest BCUT2D eigenvalue weighted by molar-refractivity contribution is -0.138. The first-order chi connectivity index (χ1) is 57.9. The number of nitrogens with two attached hydrogens (primary N) is 1. The average Bonchev–Trinajstić information content (AvgIpc) is 0.809. The van der Waals surface area contributed by atoms with Crippen LogP contribution >= 0.6 is 0 Å². The number of carboxylic acid groups (broad SMARTS) is 1. The van der Waals surface area contributed by atoms with Gasteiger partial charge in [-0.2, -0.15) is 39.5 Å². The highest BCUT2D eigenvalue weighted by Gasteiger charge is 2.33. The fourth-order valence-corrected chi connectivity index (χ4v) is 12.7. The number of anilines is 6. The van der Waals surface area contributed by atoms with E-state index in [9.17, 15) is 78.2 Å². The number of carboxylic acids is 1. The van der Waals surface area contributed by atoms with Crippen molar-refractivity contribution in [3.05, 3.63) is 303 Å². The number of alkyl halides is 9. The van der Waals surface area contributed by atoms with Crippen molar-refractivity contribution in [3.63, 3.8) is 0 Å². The summed E-state index contributed by atoms with van der Waals surface area (Å²) in [5, 5.41) is 23.0. The van der Waals surface area contributed by atoms with Crippen molar-refractivity contribution in [2.75, 3.05) is 70.3 Å². The van der Waals surface area contributed by atoms with E-state index in [1.54, 1.807) is 69.3 Å². The number of benzene rings is 8. The Kier molecular flexibility index (Phi) is 31.0. The van der Waals surface area contributed by atoms with Gasteiger partial charge < -0.3 is 56.9 Å². The van der Waals surface area contributed by atoms with Gasteiger partial charge in [0.1, 0.15) is 5.60 Å². The molecular formula is C92H91F9N12O9. The van der Waals surface area contributed by atoms with Gasteiger partial charge in [0, 0.05) is 145 Å². The smallest absolute Gasteiger partial charge is 0.416 e. The first-order valence-corrected chi connectivity index (χ1v) is 38.8. The van der Waals surface area contributed by atoms with E-state index in [4.69, 9.17) is 10.5 Å². The second kappa shape index (κ2) is 41.2. The minimum Gasteiger partial charge on any atom is -0.478 e. The van der Waals surface area contributed by atoms with E-state index < -0.39 is 82.3 Å². The average molecular weight is 1680 g/mol. The largest absolute Gasteiger partial charge is 0.478 e. The molecule has 3 heterocycles. The van der Waals surface area contributed by atoms with Crippen LogP contribution in [0.4, 0.5) is 73.6 Å². The number of carbonyl (C=O) groups is 7. The Bertz CT molecular complexity index is 5570. The van der Waals surface area contributed by atoms with Gasteiger partial charge in [0.15, 0.2) is 0 Å². The summed E-state index contributed by atoms with van der Waals surface area (Å²) in [5.74, 6) is -4.15. The molecule has 0 saturated carbocycles. The summed E-state index contributed by atoms with van der Waals surface area (Å²) in [6, 6.07) is 52.0. The number of hydrogen-bond acceptors (Lipinski definition) is 15. The molecule has 122 heavy (non-hydrogen) atoms. The van der Waals surface area contributed by atoms with Crippen LogP contribution in [0.2, 0.25) is 0 Å². The van der Waals surface area contributed by atoms with Crippen LogP contribution in [0.3, 0.4) is 0 Å². The standard InChI is InChI=1S/C36H37F3N4O4.C32H29F3N4O4.C24H25F3N4O/c1-6-43(7-2)28-14-15-30(42-33(45)24-11-9-12-26(19-24)34(46)47-35(3,4)5)29(21-28)31-20-25(16-17-40-31)32(44)41-22-23-10-8-13-27(18-23)36(37,38)39;1-3-39(4-2)25-11-12-27(38-30(41)21-8-6-9-23(16-21)31(42)43)26(18-25)28-17-22(13-14-36-28)29(40)37-19-20-7-5-10-24(15-20)32(33,34)35;1-3-31(4-2)19-8-9-21(28)20(14-19)22-13-17(10-11-29-22)23(32)30-15-16-6-5-7-18(12-16)24(25,26)27/h8-21H,6-7,22H2,1-5H3,(H,41,44)(H,42,45);5-18H,3-4,19H2,1-2H3,(H,37,40)(H,38,41)(H,42,43);5-14H,3-4,15,28H2,1-2H3,(H,30,32). The summed E-state index contributed by atoms with van der Waals surface area (Å²) in [7, 11) is 0. The predicted octanol–water partition coefficient (Wildman–Crippen LogP) is 19.4. The molecule has 0 fully saturated rings. The highest BCUT2D eigenvalue weighted by atomic mass is 19.4. The summed E-state index contributed by atoms with van der Waals surface area (Å²) in [5.41, 5.74) is 12.6. The van der Waals surface area contributed by atoms with Crippen molar-refractivity contribution in [2.24, 2.45) is 0 Å². The molecule has 0 aliphatic heterocycles. The third-order valence-corrected chi connectivity index (χ3v) is 19.1. The number of amides is 5. The van der Waals surface area contributed by atoms with E-state index in [2.05, 4.69) is 70.1 Å². The maximum Gasteiger partial charge on any atom is 0.416 e. The number of nitrogen functional groups attached to an aromatic ring is 1. The van der Waals surface area contributed by atoms with Gasteiger partial charge in [0.25, 0.3) is 29.5 Å². The molecule has 0 spiro atoms. The molecule has 0 unspecified atom stereocenters. The van der Waals surface area contributed by atoms with Gasteiger partial charge in [-0.15, -0.1) is 0 Å². The Morgan fingerprint density at radius 3 is 1.00 bits per heavy atom. The number of esters is 1. The van der Waals surface area contributed by atoms with Gasteiger partial charge in [0.05, 0.1) is 56.3 Å². The van der Waals surface area contributed by atoms with E-state index in [0.29, 0.717) is 73.1 Å². The number of halogens is 9. The van der Waals surface area contributed by atoms with Gasteiger partial charge in [-0.3, -0.25) is 38.9 Å². The Labute approximate surface area is 699 Å². The van der Waals surface area contributed by atoms with Crippen molar-refractivity contribution in [2.45, 2.75) is 106 Å². The molecule has 0 atom stereocenters. The highest BCUT2D eigenvalue weighted by molar-refractivity contribution is 6.09. The Balaban J connectivity index is 0.000000211. The molecule has 0 radical (unpaired) electrons. The fraction of sp³-hybridized carbons (Fsp3) is 0.239. The molecule has 11 rings (SSSR count). The summed E-state index contributed by atoms with van der Waals surface area (Å²) in [6.07, 6.45) is -9.02. The predicted molar refractivity (Wildman–Crippen MR) is 453 cm³/mol. The van der Waals surface area contributed by atoms with E-state index >= 15 is 0 Å². The van der Waals surface area contributed by atoms with Crippen LogP contribution in [0.25, 0.3) is 33.8 Å². The fourth-order valence-electron chi connectivity index (χ4n) is 12.7. The van der Waals surface area contributed by atoms with Crippen molar-refractivity contribution in [1.29, 1.82) is 0 Å². The minimum atomic E-state index is -4.49. The summed E-state index contributed by atoms with van der Waals surface area (Å²) in [4.78, 5) is 109. The number of aromatic carboxylic acids is 1. The van der Waals surface area contributed by atoms with E-state index in [-0.39, 0.29) is 53.0 Å². The van der Waals surface area contributed by atoms with E-state index in [1.807, 2.05) is 70.2 Å². The maximum absolute atomic E-state index is 13.4. The molecule has 636 valence electrons. The lowest BCUT2D eigenvalue weighted by Crippen LogP contribution is -2.24. The van der Waals surface area contributed by atoms with Crippen LogP contribution in [0.1, 0.15) is 168 Å². The molecule has 21 nitrogen and oxygen atoms in total. The summed E-state index contributed by atoms with van der Waals surface area (Å²) in [6.45, 7) is 21.7. The summed E-state index contributed by atoms with van der Waals surface area (Å²) >= 11 is 0. The lowest BCUT2D eigenvalue weighted by atomic mass is 10.0. The number of hydrogen-bond donors (Lipinski definition) is 7. The molecule has 11 aromatic rings. The Morgan fingerprint density at radius 2 is 0.664 bits per heavy atom. The number of nitrogens with one attached hydrogen (secondary N) is 5. The van der Waals surface area contributed by atoms with Crippen LogP contribution in [-0.2, 0) is 42.9 Å². The monoisotopic (exact) mass is 1680 g/mol. The molecule has 0 saturated heterocycles. The Morgan fingerprint density at radius 1 is 0.361 bits per heavy atom. The van der Waals surface area contributed by atoms with Crippen LogP contribution in [0.15, 0.2) is 231 Å². The van der Waals surface area contributed by atoms with E-state index in [0.717, 1.165) is 92.7 Å². The molecule has 0 aliphatic carbocycles. The third kappa shape index (κ3) is 25.3. The topological polar surface area (TPSA) is 284 Å². The van der Waals surface area contributed by atoms with Crippen LogP contribution in [0.5, 0.6) is 0 Å². The number of ether oxygens (including phenoxy) is 1. The molecule has 8 aromatic carbocycles. The maximum atomic E-state index is 13.4. The van der Waals surface area contributed by atoms with Crippen molar-refractivity contribution in [1.82, 2.24) is 30.9 Å². The quantitative estimate of drug-likeness (QED) is 0.0143. The zero-order chi connectivity index (χ0) is 88.8. The first kappa shape index (κ1) is 92.0. The van der Waals surface area contributed by atoms with Crippen molar-refractivity contribution in [3.8, 4) is 33.8 Å². The number of rotatable bonds is 27. The molecule has 5 amide bonds. The van der Waals surface area contributed by atoms with Gasteiger partial charge in [0.2, 0.25) is 0 Å². The van der Waals surface area contributed by atoms with Crippen molar-refractivity contribution >= 4 is 75.6 Å². The van der Waals surface area contributed by atoms with Crippen LogP contribution < -0.4 is 47.0 Å². The van der Waals surface area contributed by atoms with Gasteiger partial charge >= 0.3 is 30.5 Å². The Hall–Kier alpha value is -13.9. The molecule has 0 aliphatic rings. The SMILES string of the molecule is CCN(CC)c1ccc(N)c(-c2cc(C(=O)NCc3cccc(C(F)(F)F)c3)ccn2)c1.CCN(CC)c1ccc(NC(=O)c2cccc(C(=O)O)c2)c(-c2cc(C(=O)NCc3cccc(C(F)(F)F)c3)ccn2)c1.CCN(CC)c1ccc(NC(=O)c2cccc(C(=O)OC(C)(C)C)c2)c(-c2cc(C(=O)NCc3cccc(C(F)(F)F)c3)ccn2)c1. The first-order valence-electron chi connectivity index (χ1n) is 38.8. The minimum absolute atomic E-state index is 0.0278. The van der Waals surface area contributed by atoms with Crippen LogP contribution in [0, 0.1) is 0 Å². The second-order valence-electron chi connectivity index (χ2n) is 28.6. The third-order valence-electron chi connectivity index (χ3n) is 19.1. The lowest BCUT2D eigenvalue weighted by Gasteiger charge is -2.23. The van der Waals surface area contributed by atoms with Gasteiger partial charge in [-0.05, 0) is 243 Å². The van der Waals surface area contributed by atoms with Crippen LogP contribution in [-0.4, -0.2) is 106 Å². The second-order valence-corrected chi connectivity index (χ2v) is 28.6. The number of carbonyl (C=O) groups excluding carboxylic acids is 6.